The van der Waals surface area contributed by atoms with Crippen LogP contribution in [0.15, 0.2) is 188 Å². The molecule has 0 spiro atoms. The van der Waals surface area contributed by atoms with Crippen molar-refractivity contribution < 1.29 is 0 Å². The van der Waals surface area contributed by atoms with Gasteiger partial charge in [0.05, 0.1) is 11.2 Å². The number of hydrogen-bond donors (Lipinski definition) is 0. The Morgan fingerprint density at radius 1 is 0.492 bits per heavy atom. The van der Waals surface area contributed by atoms with Crippen molar-refractivity contribution in [1.29, 1.82) is 0 Å². The first-order chi connectivity index (χ1) is 30.2. The van der Waals surface area contributed by atoms with Crippen LogP contribution >= 0.6 is 11.3 Å². The number of aromatic nitrogens is 4. The van der Waals surface area contributed by atoms with Crippen LogP contribution in [0.5, 0.6) is 0 Å². The van der Waals surface area contributed by atoms with Crippen LogP contribution in [0.4, 0.5) is 0 Å². The van der Waals surface area contributed by atoms with Gasteiger partial charge in [0.2, 0.25) is 5.95 Å². The Morgan fingerprint density at radius 3 is 1.85 bits per heavy atom. The summed E-state index contributed by atoms with van der Waals surface area (Å²) in [7, 11) is 0. The van der Waals surface area contributed by atoms with E-state index in [-0.39, 0.29) is 0 Å². The molecule has 1 aliphatic rings. The molecule has 8 aromatic carbocycles. The van der Waals surface area contributed by atoms with Gasteiger partial charge in [-0.1, -0.05) is 177 Å². The Bertz CT molecular complexity index is 3510. The SMILES string of the molecule is CC1Cc2c(n(-c3nc(-c4ccccc4)nc(-c4cccc(-c5cccc6c5sc5ccccc56)c4)n3)c3cc(-c4ccccc4)c4ccccc4c23)C=C1c1ccccc1. The highest BCUT2D eigenvalue weighted by Crippen LogP contribution is 2.46. The van der Waals surface area contributed by atoms with Crippen molar-refractivity contribution in [3.8, 4) is 51.0 Å². The third kappa shape index (κ3) is 5.92. The summed E-state index contributed by atoms with van der Waals surface area (Å²) < 4.78 is 4.89. The lowest BCUT2D eigenvalue weighted by atomic mass is 9.82. The molecule has 0 aliphatic heterocycles. The summed E-state index contributed by atoms with van der Waals surface area (Å²) in [5.41, 5.74) is 12.6. The van der Waals surface area contributed by atoms with Crippen LogP contribution in [0.1, 0.15) is 23.7 Å². The zero-order valence-corrected chi connectivity index (χ0v) is 34.3. The molecular weight excluding hydrogens is 761 g/mol. The molecule has 3 aromatic heterocycles. The first-order valence-electron chi connectivity index (χ1n) is 20.9. The molecule has 0 saturated carbocycles. The maximum atomic E-state index is 5.48. The Labute approximate surface area is 357 Å². The zero-order chi connectivity index (χ0) is 40.4. The van der Waals surface area contributed by atoms with Gasteiger partial charge in [0, 0.05) is 36.7 Å². The van der Waals surface area contributed by atoms with Crippen LogP contribution in [-0.2, 0) is 6.42 Å². The largest absolute Gasteiger partial charge is 0.278 e. The maximum absolute atomic E-state index is 5.48. The molecule has 1 unspecified atom stereocenters. The Hall–Kier alpha value is -7.47. The fraction of sp³-hybridized carbons (Fsp3) is 0.0536. The van der Waals surface area contributed by atoms with Gasteiger partial charge in [0.1, 0.15) is 0 Å². The molecule has 61 heavy (non-hydrogen) atoms. The van der Waals surface area contributed by atoms with Crippen molar-refractivity contribution >= 4 is 64.8 Å². The van der Waals surface area contributed by atoms with E-state index in [9.17, 15) is 0 Å². The van der Waals surface area contributed by atoms with Crippen molar-refractivity contribution in [2.75, 3.05) is 0 Å². The highest BCUT2D eigenvalue weighted by molar-refractivity contribution is 7.26. The topological polar surface area (TPSA) is 43.6 Å². The standard InChI is InChI=1S/C56H38N4S/c1-35-31-48-49(33-46(35)36-17-5-2-6-18-36)60(50-34-47(37-19-7-3-8-20-37)42-25-11-12-27-44(42)52(48)50)56-58-54(38-21-9-4-10-22-38)57-55(59-56)40-24-15-23-39(32-40)41-28-16-29-45-43-26-13-14-30-51(43)61-53(41)45/h2-30,32-35H,31H2,1H3. The smallest absolute Gasteiger partial charge is 0.238 e. The average Bonchev–Trinajstić information content (AvgIpc) is 3.87. The lowest BCUT2D eigenvalue weighted by Crippen LogP contribution is -2.12. The number of fused-ring (bicyclic) bond motifs is 8. The third-order valence-electron chi connectivity index (χ3n) is 12.3. The summed E-state index contributed by atoms with van der Waals surface area (Å²) in [5.74, 6) is 2.17. The fourth-order valence-corrected chi connectivity index (χ4v) is 10.7. The quantitative estimate of drug-likeness (QED) is 0.168. The number of allylic oxidation sites excluding steroid dienone is 1. The van der Waals surface area contributed by atoms with Crippen molar-refractivity contribution in [2.24, 2.45) is 5.92 Å². The van der Waals surface area contributed by atoms with E-state index in [1.54, 1.807) is 0 Å². The normalized spacial score (nSPS) is 13.9. The van der Waals surface area contributed by atoms with E-state index in [1.807, 2.05) is 29.5 Å². The van der Waals surface area contributed by atoms with Gasteiger partial charge in [0.25, 0.3) is 0 Å². The van der Waals surface area contributed by atoms with Gasteiger partial charge in [-0.2, -0.15) is 9.97 Å². The molecule has 1 aliphatic carbocycles. The fourth-order valence-electron chi connectivity index (χ4n) is 9.49. The van der Waals surface area contributed by atoms with Crippen LogP contribution in [-0.4, -0.2) is 19.5 Å². The number of benzene rings is 8. The second-order valence-electron chi connectivity index (χ2n) is 16.0. The Morgan fingerprint density at radius 2 is 1.08 bits per heavy atom. The molecule has 0 fully saturated rings. The van der Waals surface area contributed by atoms with Gasteiger partial charge in [0.15, 0.2) is 11.6 Å². The van der Waals surface area contributed by atoms with Crippen LogP contribution < -0.4 is 0 Å². The molecule has 0 saturated heterocycles. The van der Waals surface area contributed by atoms with E-state index >= 15 is 0 Å². The van der Waals surface area contributed by atoms with Crippen molar-refractivity contribution in [2.45, 2.75) is 13.3 Å². The first kappa shape index (κ1) is 35.5. The molecule has 288 valence electrons. The summed E-state index contributed by atoms with van der Waals surface area (Å²) in [6.45, 7) is 2.35. The van der Waals surface area contributed by atoms with Gasteiger partial charge >= 0.3 is 0 Å². The molecule has 12 rings (SSSR count). The van der Waals surface area contributed by atoms with Gasteiger partial charge < -0.3 is 0 Å². The van der Waals surface area contributed by atoms with Gasteiger partial charge in [-0.05, 0) is 86.3 Å². The van der Waals surface area contributed by atoms with Gasteiger partial charge in [-0.25, -0.2) is 4.98 Å². The molecule has 0 bridgehead atoms. The van der Waals surface area contributed by atoms with E-state index in [1.165, 1.54) is 69.7 Å². The monoisotopic (exact) mass is 798 g/mol. The Kier molecular flexibility index (Phi) is 8.36. The predicted octanol–water partition coefficient (Wildman–Crippen LogP) is 14.7. The molecule has 5 heteroatoms. The third-order valence-corrected chi connectivity index (χ3v) is 13.6. The minimum Gasteiger partial charge on any atom is -0.278 e. The highest BCUT2D eigenvalue weighted by atomic mass is 32.1. The van der Waals surface area contributed by atoms with E-state index in [0.29, 0.717) is 23.5 Å². The van der Waals surface area contributed by atoms with Crippen molar-refractivity contribution in [1.82, 2.24) is 19.5 Å². The number of nitrogens with zero attached hydrogens (tertiary/aromatic N) is 4. The van der Waals surface area contributed by atoms with Crippen molar-refractivity contribution in [3.05, 3.63) is 205 Å². The lowest BCUT2D eigenvalue weighted by molar-refractivity contribution is 0.736. The molecule has 4 nitrogen and oxygen atoms in total. The molecule has 1 atom stereocenters. The minimum atomic E-state index is 0.309. The zero-order valence-electron chi connectivity index (χ0n) is 33.5. The number of rotatable bonds is 6. The molecule has 11 aromatic rings. The lowest BCUT2D eigenvalue weighted by Gasteiger charge is -2.23. The average molecular weight is 799 g/mol. The van der Waals surface area contributed by atoms with E-state index in [4.69, 9.17) is 15.0 Å². The maximum Gasteiger partial charge on any atom is 0.238 e. The summed E-state index contributed by atoms with van der Waals surface area (Å²) in [4.78, 5) is 16.1. The molecule has 0 N–H and O–H groups in total. The summed E-state index contributed by atoms with van der Waals surface area (Å²) in [6.07, 6.45) is 3.29. The second kappa shape index (κ2) is 14.4. The summed E-state index contributed by atoms with van der Waals surface area (Å²) in [6, 6.07) is 67.1. The Balaban J connectivity index is 1.14. The van der Waals surface area contributed by atoms with Crippen LogP contribution in [0.2, 0.25) is 0 Å². The predicted molar refractivity (Wildman–Crippen MR) is 256 cm³/mol. The van der Waals surface area contributed by atoms with Crippen LogP contribution in [0, 0.1) is 5.92 Å². The van der Waals surface area contributed by atoms with E-state index < -0.39 is 0 Å². The van der Waals surface area contributed by atoms with Gasteiger partial charge in [-0.15, -0.1) is 11.3 Å². The molecule has 3 heterocycles. The second-order valence-corrected chi connectivity index (χ2v) is 17.1. The number of thiophene rings is 1. The van der Waals surface area contributed by atoms with Gasteiger partial charge in [-0.3, -0.25) is 4.57 Å². The molecule has 0 radical (unpaired) electrons. The van der Waals surface area contributed by atoms with E-state index in [0.717, 1.165) is 34.3 Å². The molecular formula is C56H38N4S. The first-order valence-corrected chi connectivity index (χ1v) is 21.7. The summed E-state index contributed by atoms with van der Waals surface area (Å²) >= 11 is 1.85. The van der Waals surface area contributed by atoms with Crippen LogP contribution in [0.3, 0.4) is 0 Å². The number of hydrogen-bond acceptors (Lipinski definition) is 4. The molecule has 0 amide bonds. The summed E-state index contributed by atoms with van der Waals surface area (Å²) in [5, 5.41) is 6.29. The van der Waals surface area contributed by atoms with Crippen molar-refractivity contribution in [3.63, 3.8) is 0 Å². The van der Waals surface area contributed by atoms with E-state index in [2.05, 4.69) is 187 Å². The highest BCUT2D eigenvalue weighted by Gasteiger charge is 2.29. The van der Waals surface area contributed by atoms with Crippen LogP contribution in [0.25, 0.3) is 104 Å². The minimum absolute atomic E-state index is 0.309.